The lowest BCUT2D eigenvalue weighted by molar-refractivity contribution is -0.358. The van der Waals surface area contributed by atoms with Gasteiger partial charge in [0.25, 0.3) is 6.03 Å². The Labute approximate surface area is 93.1 Å². The Kier molecular flexibility index (Phi) is 3.16. The smallest absolute Gasteiger partial charge is 0.287 e. The fourth-order valence-electron chi connectivity index (χ4n) is 1.95. The van der Waals surface area contributed by atoms with Crippen molar-refractivity contribution in [3.05, 3.63) is 0 Å². The molecule has 2 fully saturated rings. The first-order chi connectivity index (χ1) is 7.44. The Bertz CT molecular complexity index is 262. The van der Waals surface area contributed by atoms with Gasteiger partial charge in [0.05, 0.1) is 18.7 Å². The first-order valence-electron chi connectivity index (χ1n) is 5.03. The van der Waals surface area contributed by atoms with E-state index in [0.29, 0.717) is 0 Å². The fraction of sp³-hybridized carbons (Fsp3) is 1.00. The lowest BCUT2D eigenvalue weighted by atomic mass is 9.95. The maximum Gasteiger partial charge on any atom is 0.287 e. The van der Waals surface area contributed by atoms with Gasteiger partial charge in [0.1, 0.15) is 12.2 Å². The van der Waals surface area contributed by atoms with Crippen molar-refractivity contribution in [2.75, 3.05) is 13.7 Å². The van der Waals surface area contributed by atoms with E-state index >= 15 is 0 Å². The van der Waals surface area contributed by atoms with Crippen molar-refractivity contribution in [2.24, 2.45) is 22.9 Å². The molecule has 0 radical (unpaired) electrons. The van der Waals surface area contributed by atoms with Gasteiger partial charge in [-0.3, -0.25) is 11.5 Å². The Morgan fingerprint density at radius 1 is 1.25 bits per heavy atom. The van der Waals surface area contributed by atoms with Crippen molar-refractivity contribution in [3.8, 4) is 0 Å². The summed E-state index contributed by atoms with van der Waals surface area (Å²) in [5, 5.41) is 0. The molecular weight excluding hydrogens is 216 g/mol. The van der Waals surface area contributed by atoms with E-state index in [-0.39, 0.29) is 12.7 Å². The Hall–Kier alpha value is -0.320. The summed E-state index contributed by atoms with van der Waals surface area (Å²) in [6.07, 6.45) is -1.45. The van der Waals surface area contributed by atoms with Gasteiger partial charge in [-0.05, 0) is 0 Å². The summed E-state index contributed by atoms with van der Waals surface area (Å²) < 4.78 is 21.0. The predicted molar refractivity (Wildman–Crippen MR) is 53.6 cm³/mol. The molecule has 2 heterocycles. The molecule has 8 N–H and O–H groups in total. The summed E-state index contributed by atoms with van der Waals surface area (Å²) in [7, 11) is 1.50. The van der Waals surface area contributed by atoms with E-state index in [1.807, 2.05) is 0 Å². The monoisotopic (exact) mass is 234 g/mol. The molecule has 0 aromatic rings. The van der Waals surface area contributed by atoms with Crippen LogP contribution in [0.2, 0.25) is 0 Å². The molecule has 0 aliphatic carbocycles. The zero-order valence-corrected chi connectivity index (χ0v) is 9.04. The first kappa shape index (κ1) is 12.1. The van der Waals surface area contributed by atoms with Crippen LogP contribution in [0.5, 0.6) is 0 Å². The lowest BCUT2D eigenvalue weighted by Crippen LogP contribution is -2.73. The predicted octanol–water partition coefficient (Wildman–Crippen LogP) is -3.04. The van der Waals surface area contributed by atoms with Crippen LogP contribution < -0.4 is 22.9 Å². The average molecular weight is 234 g/mol. The molecule has 0 bridgehead atoms. The van der Waals surface area contributed by atoms with E-state index in [9.17, 15) is 0 Å². The van der Waals surface area contributed by atoms with Crippen LogP contribution in [0.4, 0.5) is 0 Å². The van der Waals surface area contributed by atoms with Crippen LogP contribution in [0.15, 0.2) is 0 Å². The Morgan fingerprint density at radius 3 is 2.56 bits per heavy atom. The number of hydrogen-bond acceptors (Lipinski definition) is 8. The van der Waals surface area contributed by atoms with Crippen LogP contribution in [0.1, 0.15) is 0 Å². The third-order valence-corrected chi connectivity index (χ3v) is 2.84. The highest BCUT2D eigenvalue weighted by atomic mass is 16.8. The van der Waals surface area contributed by atoms with Crippen molar-refractivity contribution in [1.29, 1.82) is 0 Å². The second-order valence-electron chi connectivity index (χ2n) is 4.05. The molecule has 94 valence electrons. The highest BCUT2D eigenvalue weighted by Crippen LogP contribution is 2.27. The number of methoxy groups -OCH3 is 1. The number of ether oxygens (including phenoxy) is 4. The fourth-order valence-corrected chi connectivity index (χ4v) is 1.95. The molecule has 2 aliphatic heterocycles. The molecule has 5 unspecified atom stereocenters. The molecule has 2 rings (SSSR count). The summed E-state index contributed by atoms with van der Waals surface area (Å²) in [6, 6.07) is -2.61. The van der Waals surface area contributed by atoms with E-state index in [1.165, 1.54) is 7.11 Å². The molecule has 0 saturated carbocycles. The second kappa shape index (κ2) is 4.17. The van der Waals surface area contributed by atoms with E-state index < -0.39 is 30.5 Å². The van der Waals surface area contributed by atoms with Gasteiger partial charge in [0.15, 0.2) is 6.29 Å². The molecule has 16 heavy (non-hydrogen) atoms. The molecule has 2 saturated heterocycles. The van der Waals surface area contributed by atoms with Crippen LogP contribution in [-0.2, 0) is 18.9 Å². The maximum atomic E-state index is 5.94. The van der Waals surface area contributed by atoms with Crippen molar-refractivity contribution in [2.45, 2.75) is 36.6 Å². The van der Waals surface area contributed by atoms with Gasteiger partial charge < -0.3 is 30.4 Å². The summed E-state index contributed by atoms with van der Waals surface area (Å²) in [6.45, 7) is 0.192. The Morgan fingerprint density at radius 2 is 1.94 bits per heavy atom. The van der Waals surface area contributed by atoms with E-state index in [4.69, 9.17) is 41.9 Å². The maximum absolute atomic E-state index is 5.94. The van der Waals surface area contributed by atoms with Crippen LogP contribution in [0, 0.1) is 0 Å². The minimum absolute atomic E-state index is 0.192. The van der Waals surface area contributed by atoms with Crippen molar-refractivity contribution < 1.29 is 18.9 Å². The van der Waals surface area contributed by atoms with Gasteiger partial charge in [0, 0.05) is 7.11 Å². The third-order valence-electron chi connectivity index (χ3n) is 2.84. The standard InChI is InChI=1S/C8H18N4O4/c1-13-7-5(10)4(9)6-3(15-7)2-14-8(11,12)16-6/h3-7H,2,9-12H2,1H3. The van der Waals surface area contributed by atoms with E-state index in [2.05, 4.69) is 0 Å². The second-order valence-corrected chi connectivity index (χ2v) is 4.05. The van der Waals surface area contributed by atoms with E-state index in [1.54, 1.807) is 0 Å². The number of nitrogens with two attached hydrogens (primary N) is 4. The van der Waals surface area contributed by atoms with Gasteiger partial charge >= 0.3 is 0 Å². The molecule has 0 aromatic heterocycles. The SMILES string of the molecule is COC1OC2COC(N)(N)OC2C(N)C1N. The van der Waals surface area contributed by atoms with Crippen LogP contribution in [-0.4, -0.2) is 50.3 Å². The quantitative estimate of drug-likeness (QED) is 0.351. The van der Waals surface area contributed by atoms with Crippen LogP contribution in [0.3, 0.4) is 0 Å². The van der Waals surface area contributed by atoms with Crippen LogP contribution >= 0.6 is 0 Å². The van der Waals surface area contributed by atoms with Gasteiger partial charge in [-0.2, -0.15) is 0 Å². The largest absolute Gasteiger partial charge is 0.354 e. The molecule has 8 heteroatoms. The minimum Gasteiger partial charge on any atom is -0.354 e. The van der Waals surface area contributed by atoms with Gasteiger partial charge in [0.2, 0.25) is 0 Å². The minimum atomic E-state index is -1.64. The molecule has 8 nitrogen and oxygen atoms in total. The lowest BCUT2D eigenvalue weighted by Gasteiger charge is -2.48. The third kappa shape index (κ3) is 2.06. The van der Waals surface area contributed by atoms with Crippen molar-refractivity contribution in [3.63, 3.8) is 0 Å². The summed E-state index contributed by atoms with van der Waals surface area (Å²) >= 11 is 0. The van der Waals surface area contributed by atoms with Crippen molar-refractivity contribution in [1.82, 2.24) is 0 Å². The molecule has 0 spiro atoms. The van der Waals surface area contributed by atoms with Crippen molar-refractivity contribution >= 4 is 0 Å². The normalized spacial score (nSPS) is 47.4. The number of fused-ring (bicyclic) bond motifs is 1. The average Bonchev–Trinajstić information content (AvgIpc) is 2.23. The summed E-state index contributed by atoms with van der Waals surface area (Å²) in [4.78, 5) is 0. The topological polar surface area (TPSA) is 141 Å². The van der Waals surface area contributed by atoms with Gasteiger partial charge in [-0.1, -0.05) is 0 Å². The highest BCUT2D eigenvalue weighted by molar-refractivity contribution is 4.97. The zero-order valence-electron chi connectivity index (χ0n) is 9.04. The van der Waals surface area contributed by atoms with Gasteiger partial charge in [-0.15, -0.1) is 0 Å². The zero-order chi connectivity index (χ0) is 11.9. The van der Waals surface area contributed by atoms with E-state index in [0.717, 1.165) is 0 Å². The molecule has 2 aliphatic rings. The molecule has 5 atom stereocenters. The van der Waals surface area contributed by atoms with Gasteiger partial charge in [-0.25, -0.2) is 0 Å². The summed E-state index contributed by atoms with van der Waals surface area (Å²) in [5.41, 5.74) is 22.8. The number of rotatable bonds is 1. The molecular formula is C8H18N4O4. The highest BCUT2D eigenvalue weighted by Gasteiger charge is 2.49. The number of hydrogen-bond donors (Lipinski definition) is 4. The molecule has 0 aromatic carbocycles. The Balaban J connectivity index is 2.11. The summed E-state index contributed by atoms with van der Waals surface area (Å²) in [5.74, 6) is 0. The van der Waals surface area contributed by atoms with Crippen LogP contribution in [0.25, 0.3) is 0 Å². The molecule has 0 amide bonds. The first-order valence-corrected chi connectivity index (χ1v) is 5.03.